The minimum atomic E-state index is -3.30. The van der Waals surface area contributed by atoms with Crippen molar-refractivity contribution in [2.45, 2.75) is 24.3 Å². The number of fused-ring (bicyclic) bond motifs is 1. The fourth-order valence-electron chi connectivity index (χ4n) is 3.27. The molecule has 5 nitrogen and oxygen atoms in total. The fourth-order valence-corrected chi connectivity index (χ4v) is 4.67. The van der Waals surface area contributed by atoms with Crippen LogP contribution in [0.3, 0.4) is 0 Å². The minimum Gasteiger partial charge on any atom is -0.449 e. The molecule has 3 aromatic rings. The zero-order valence-corrected chi connectivity index (χ0v) is 17.2. The number of hydrogen-bond acceptors (Lipinski definition) is 6. The van der Waals surface area contributed by atoms with E-state index in [9.17, 15) is 13.2 Å². The third-order valence-electron chi connectivity index (χ3n) is 4.58. The van der Waals surface area contributed by atoms with Crippen molar-refractivity contribution < 1.29 is 22.7 Å². The Balaban J connectivity index is 1.79. The highest BCUT2D eigenvalue weighted by molar-refractivity contribution is 7.90. The first-order chi connectivity index (χ1) is 13.1. The summed E-state index contributed by atoms with van der Waals surface area (Å²) in [5.41, 5.74) is 0.365. The maximum Gasteiger partial charge on any atom is 0.375 e. The van der Waals surface area contributed by atoms with Crippen LogP contribution in [-0.2, 0) is 19.4 Å². The second-order valence-electron chi connectivity index (χ2n) is 7.12. The summed E-state index contributed by atoms with van der Waals surface area (Å²) in [7, 11) is -3.30. The molecule has 0 fully saturated rings. The van der Waals surface area contributed by atoms with Crippen LogP contribution >= 0.6 is 11.3 Å². The smallest absolute Gasteiger partial charge is 0.375 e. The number of ether oxygens (including phenoxy) is 2. The van der Waals surface area contributed by atoms with Gasteiger partial charge in [-0.2, -0.15) is 0 Å². The first-order valence-corrected chi connectivity index (χ1v) is 11.4. The van der Waals surface area contributed by atoms with Crippen molar-refractivity contribution in [2.75, 3.05) is 6.26 Å². The van der Waals surface area contributed by atoms with E-state index >= 15 is 0 Å². The Labute approximate surface area is 167 Å². The van der Waals surface area contributed by atoms with Gasteiger partial charge in [-0.15, -0.1) is 11.3 Å². The van der Waals surface area contributed by atoms with E-state index < -0.39 is 21.4 Å². The molecule has 1 aromatic heterocycles. The standard InChI is InChI=1S/C21H18O5S2/c1-21(2)18(13-4-7-16(8-5-13)28(3,23)24)19(20(22)26-21)25-15-6-9-17-14(12-15)10-11-27-17/h4-12H,1-3H3. The molecule has 144 valence electrons. The summed E-state index contributed by atoms with van der Waals surface area (Å²) < 4.78 is 36.0. The molecule has 1 aliphatic rings. The van der Waals surface area contributed by atoms with Gasteiger partial charge < -0.3 is 9.47 Å². The summed E-state index contributed by atoms with van der Waals surface area (Å²) in [6.45, 7) is 3.56. The normalized spacial score (nSPS) is 16.5. The lowest BCUT2D eigenvalue weighted by molar-refractivity contribution is -0.145. The third-order valence-corrected chi connectivity index (χ3v) is 6.60. The molecule has 0 aliphatic carbocycles. The lowest BCUT2D eigenvalue weighted by Crippen LogP contribution is -2.22. The molecular formula is C21H18O5S2. The molecule has 0 N–H and O–H groups in total. The Hall–Kier alpha value is -2.64. The first-order valence-electron chi connectivity index (χ1n) is 8.59. The maximum atomic E-state index is 12.5. The summed E-state index contributed by atoms with van der Waals surface area (Å²) >= 11 is 1.63. The average molecular weight is 415 g/mol. The lowest BCUT2D eigenvalue weighted by atomic mass is 9.92. The van der Waals surface area contributed by atoms with Gasteiger partial charge in [-0.1, -0.05) is 12.1 Å². The van der Waals surface area contributed by atoms with Crippen molar-refractivity contribution in [1.29, 1.82) is 0 Å². The van der Waals surface area contributed by atoms with Gasteiger partial charge in [0.1, 0.15) is 11.4 Å². The zero-order chi connectivity index (χ0) is 20.1. The summed E-state index contributed by atoms with van der Waals surface area (Å²) in [5, 5.41) is 3.03. The number of cyclic esters (lactones) is 1. The highest BCUT2D eigenvalue weighted by Gasteiger charge is 2.43. The van der Waals surface area contributed by atoms with Gasteiger partial charge in [0.15, 0.2) is 9.84 Å². The van der Waals surface area contributed by atoms with E-state index in [1.807, 2.05) is 29.6 Å². The van der Waals surface area contributed by atoms with E-state index in [4.69, 9.17) is 9.47 Å². The number of carbonyl (C=O) groups is 1. The first kappa shape index (κ1) is 18.7. The Kier molecular flexibility index (Phi) is 4.32. The Morgan fingerprint density at radius 3 is 2.43 bits per heavy atom. The highest BCUT2D eigenvalue weighted by atomic mass is 32.2. The van der Waals surface area contributed by atoms with Gasteiger partial charge in [0.25, 0.3) is 0 Å². The molecule has 2 heterocycles. The van der Waals surface area contributed by atoms with Crippen LogP contribution in [-0.4, -0.2) is 26.2 Å². The van der Waals surface area contributed by atoms with Crippen molar-refractivity contribution in [2.24, 2.45) is 0 Å². The molecule has 1 aliphatic heterocycles. The number of sulfone groups is 1. The number of rotatable bonds is 4. The van der Waals surface area contributed by atoms with Gasteiger partial charge in [-0.25, -0.2) is 13.2 Å². The quantitative estimate of drug-likeness (QED) is 0.591. The van der Waals surface area contributed by atoms with Crippen LogP contribution in [0.1, 0.15) is 19.4 Å². The monoisotopic (exact) mass is 414 g/mol. The predicted molar refractivity (Wildman–Crippen MR) is 109 cm³/mol. The molecular weight excluding hydrogens is 396 g/mol. The van der Waals surface area contributed by atoms with Gasteiger partial charge in [0.05, 0.1) is 10.5 Å². The molecule has 0 radical (unpaired) electrons. The van der Waals surface area contributed by atoms with Crippen molar-refractivity contribution in [3.8, 4) is 5.75 Å². The van der Waals surface area contributed by atoms with Crippen LogP contribution in [0.4, 0.5) is 0 Å². The van der Waals surface area contributed by atoms with Crippen LogP contribution in [0.2, 0.25) is 0 Å². The Morgan fingerprint density at radius 1 is 1.04 bits per heavy atom. The van der Waals surface area contributed by atoms with E-state index in [1.165, 1.54) is 12.1 Å². The third kappa shape index (κ3) is 3.31. The molecule has 28 heavy (non-hydrogen) atoms. The molecule has 0 amide bonds. The molecule has 0 spiro atoms. The zero-order valence-electron chi connectivity index (χ0n) is 15.6. The van der Waals surface area contributed by atoms with Gasteiger partial charge >= 0.3 is 5.97 Å². The summed E-state index contributed by atoms with van der Waals surface area (Å²) in [4.78, 5) is 12.7. The topological polar surface area (TPSA) is 69.7 Å². The number of hydrogen-bond donors (Lipinski definition) is 0. The van der Waals surface area contributed by atoms with Gasteiger partial charge in [0.2, 0.25) is 5.76 Å². The molecule has 2 aromatic carbocycles. The number of benzene rings is 2. The van der Waals surface area contributed by atoms with Gasteiger partial charge in [-0.3, -0.25) is 0 Å². The molecule has 0 atom stereocenters. The van der Waals surface area contributed by atoms with Crippen LogP contribution in [0.15, 0.2) is 64.6 Å². The van der Waals surface area contributed by atoms with Crippen LogP contribution < -0.4 is 4.74 Å². The van der Waals surface area contributed by atoms with Crippen molar-refractivity contribution in [1.82, 2.24) is 0 Å². The number of esters is 1. The molecule has 0 saturated heterocycles. The van der Waals surface area contributed by atoms with E-state index in [-0.39, 0.29) is 10.7 Å². The Morgan fingerprint density at radius 2 is 1.75 bits per heavy atom. The van der Waals surface area contributed by atoms with E-state index in [2.05, 4.69) is 0 Å². The van der Waals surface area contributed by atoms with Crippen LogP contribution in [0.5, 0.6) is 5.75 Å². The largest absolute Gasteiger partial charge is 0.449 e. The van der Waals surface area contributed by atoms with Crippen molar-refractivity contribution in [3.63, 3.8) is 0 Å². The average Bonchev–Trinajstić information content (AvgIpc) is 3.16. The SMILES string of the molecule is CC1(C)OC(=O)C(Oc2ccc3sccc3c2)=C1c1ccc(S(C)(=O)=O)cc1. The van der Waals surface area contributed by atoms with Gasteiger partial charge in [0, 0.05) is 11.0 Å². The summed E-state index contributed by atoms with van der Waals surface area (Å²) in [6, 6.07) is 14.0. The number of thiophene rings is 1. The predicted octanol–water partition coefficient (Wildman–Crippen LogP) is 4.43. The summed E-state index contributed by atoms with van der Waals surface area (Å²) in [5.74, 6) is 0.116. The maximum absolute atomic E-state index is 12.5. The molecule has 0 bridgehead atoms. The van der Waals surface area contributed by atoms with Crippen molar-refractivity contribution >= 4 is 42.8 Å². The van der Waals surface area contributed by atoms with Crippen molar-refractivity contribution in [3.05, 3.63) is 65.2 Å². The lowest BCUT2D eigenvalue weighted by Gasteiger charge is -2.21. The second-order valence-corrected chi connectivity index (χ2v) is 10.1. The molecule has 0 saturated carbocycles. The fraction of sp³-hybridized carbons (Fsp3) is 0.190. The number of carbonyl (C=O) groups excluding carboxylic acids is 1. The Bertz CT molecular complexity index is 1220. The van der Waals surface area contributed by atoms with E-state index in [0.29, 0.717) is 16.9 Å². The van der Waals surface area contributed by atoms with Gasteiger partial charge in [-0.05, 0) is 66.6 Å². The molecule has 0 unspecified atom stereocenters. The minimum absolute atomic E-state index is 0.117. The molecule has 4 rings (SSSR count). The van der Waals surface area contributed by atoms with Crippen LogP contribution in [0, 0.1) is 0 Å². The second kappa shape index (κ2) is 6.46. The molecule has 7 heteroatoms. The van der Waals surface area contributed by atoms with E-state index in [0.717, 1.165) is 16.3 Å². The highest BCUT2D eigenvalue weighted by Crippen LogP contribution is 2.41. The van der Waals surface area contributed by atoms with E-state index in [1.54, 1.807) is 37.3 Å². The summed E-state index contributed by atoms with van der Waals surface area (Å²) in [6.07, 6.45) is 1.16. The van der Waals surface area contributed by atoms with Crippen LogP contribution in [0.25, 0.3) is 15.7 Å².